The maximum Gasteiger partial charge on any atom is 0.342 e. The van der Waals surface area contributed by atoms with Crippen molar-refractivity contribution in [3.63, 3.8) is 0 Å². The second-order valence-corrected chi connectivity index (χ2v) is 5.75. The largest absolute Gasteiger partial charge is 0.342 e. The Balaban J connectivity index is 2.26. The Morgan fingerprint density at radius 1 is 1.23 bits per heavy atom. The number of benzene rings is 1. The highest BCUT2D eigenvalue weighted by Gasteiger charge is 2.96. The minimum Gasteiger partial charge on any atom is -0.317 e. The summed E-state index contributed by atoms with van der Waals surface area (Å²) in [5, 5.41) is 19.7. The first-order chi connectivity index (χ1) is 10.5. The van der Waals surface area contributed by atoms with E-state index in [0.717, 1.165) is 11.1 Å². The zero-order chi connectivity index (χ0) is 16.2. The van der Waals surface area contributed by atoms with Crippen molar-refractivity contribution < 1.29 is 14.5 Å². The summed E-state index contributed by atoms with van der Waals surface area (Å²) in [7, 11) is 2.86. The Morgan fingerprint density at radius 3 is 2.41 bits per heavy atom. The van der Waals surface area contributed by atoms with E-state index in [4.69, 9.17) is 15.2 Å². The molecule has 1 aliphatic heterocycles. The van der Waals surface area contributed by atoms with Gasteiger partial charge in [-0.3, -0.25) is 5.73 Å². The van der Waals surface area contributed by atoms with Crippen LogP contribution in [-0.2, 0) is 9.47 Å². The summed E-state index contributed by atoms with van der Waals surface area (Å²) in [5.74, 6) is -1.63. The van der Waals surface area contributed by atoms with Crippen molar-refractivity contribution in [3.8, 4) is 12.1 Å². The zero-order valence-electron chi connectivity index (χ0n) is 12.7. The number of hydrogen-bond donors (Lipinski definition) is 2. The molecule has 1 aromatic rings. The van der Waals surface area contributed by atoms with Crippen molar-refractivity contribution in [2.24, 2.45) is 16.6 Å². The number of amidine groups is 1. The maximum absolute atomic E-state index is 9.91. The minimum atomic E-state index is -1.43. The molecule has 1 aromatic carbocycles. The average Bonchev–Trinajstić information content (AvgIpc) is 3.11. The van der Waals surface area contributed by atoms with Crippen LogP contribution in [0, 0.1) is 40.4 Å². The van der Waals surface area contributed by atoms with Crippen LogP contribution < -0.4 is 10.7 Å². The van der Waals surface area contributed by atoms with E-state index < -0.39 is 22.7 Å². The van der Waals surface area contributed by atoms with Gasteiger partial charge in [-0.1, -0.05) is 29.8 Å². The number of fused-ring (bicyclic) bond motifs is 1. The lowest BCUT2D eigenvalue weighted by atomic mass is 9.93. The topological polar surface area (TPSA) is 106 Å². The number of nitrogens with one attached hydrogen (secondary N) is 1. The monoisotopic (exact) mass is 297 g/mol. The van der Waals surface area contributed by atoms with E-state index in [1.807, 2.05) is 31.2 Å². The summed E-state index contributed by atoms with van der Waals surface area (Å²) in [6.45, 7) is 1.96. The fourth-order valence-corrected chi connectivity index (χ4v) is 3.96. The summed E-state index contributed by atoms with van der Waals surface area (Å²) in [6, 6.07) is 12.2. The summed E-state index contributed by atoms with van der Waals surface area (Å²) >= 11 is 0. The standard InChI is InChI=1S/C16H16N4O2/c1-10-5-4-6-11(7-10)12-14(8-17)13(19)20-16(21-2,22-3)15(12,14)9-18/h4-7,12H,1-3H3,(H2,19,20)/p+1/t12-,14-,15-/m1/s1. The van der Waals surface area contributed by atoms with Gasteiger partial charge in [0.1, 0.15) is 0 Å². The van der Waals surface area contributed by atoms with Crippen LogP contribution in [0.2, 0.25) is 0 Å². The molecule has 1 fully saturated rings. The lowest BCUT2D eigenvalue weighted by Crippen LogP contribution is -2.90. The first kappa shape index (κ1) is 14.5. The van der Waals surface area contributed by atoms with E-state index in [0.29, 0.717) is 0 Å². The molecule has 0 bridgehead atoms. The molecule has 3 N–H and O–H groups in total. The highest BCUT2D eigenvalue weighted by Crippen LogP contribution is 2.78. The van der Waals surface area contributed by atoms with Crippen LogP contribution in [0.15, 0.2) is 24.3 Å². The Kier molecular flexibility index (Phi) is 2.84. The van der Waals surface area contributed by atoms with Crippen molar-refractivity contribution in [3.05, 3.63) is 35.4 Å². The molecule has 3 rings (SSSR count). The van der Waals surface area contributed by atoms with E-state index in [1.165, 1.54) is 14.2 Å². The third-order valence-electron chi connectivity index (χ3n) is 4.95. The number of ether oxygens (including phenoxy) is 2. The minimum absolute atomic E-state index is 0.215. The highest BCUT2D eigenvalue weighted by atomic mass is 16.7. The van der Waals surface area contributed by atoms with Gasteiger partial charge in [-0.2, -0.15) is 10.5 Å². The molecule has 6 heteroatoms. The molecule has 0 amide bonds. The van der Waals surface area contributed by atoms with E-state index in [2.05, 4.69) is 17.1 Å². The van der Waals surface area contributed by atoms with Gasteiger partial charge < -0.3 is 9.47 Å². The maximum atomic E-state index is 9.91. The van der Waals surface area contributed by atoms with Crippen LogP contribution in [0.5, 0.6) is 0 Å². The van der Waals surface area contributed by atoms with Crippen molar-refractivity contribution in [1.82, 2.24) is 0 Å². The fraction of sp³-hybridized carbons (Fsp3) is 0.438. The van der Waals surface area contributed by atoms with E-state index in [1.54, 1.807) is 0 Å². The molecule has 0 spiro atoms. The Hall–Kier alpha value is -2.41. The molecule has 3 atom stereocenters. The summed E-state index contributed by atoms with van der Waals surface area (Å²) in [5.41, 5.74) is 5.63. The fourth-order valence-electron chi connectivity index (χ4n) is 3.96. The molecule has 0 radical (unpaired) electrons. The van der Waals surface area contributed by atoms with Gasteiger partial charge in [-0.05, 0) is 12.5 Å². The van der Waals surface area contributed by atoms with Crippen molar-refractivity contribution in [2.45, 2.75) is 18.8 Å². The molecule has 2 aliphatic rings. The molecular formula is C16H17N4O2+. The third-order valence-corrected chi connectivity index (χ3v) is 4.95. The van der Waals surface area contributed by atoms with Gasteiger partial charge in [-0.15, -0.1) is 0 Å². The Labute approximate surface area is 128 Å². The normalized spacial score (nSPS) is 34.2. The van der Waals surface area contributed by atoms with E-state index in [-0.39, 0.29) is 5.84 Å². The number of rotatable bonds is 3. The predicted octanol–water partition coefficient (Wildman–Crippen LogP) is -0.490. The van der Waals surface area contributed by atoms with Crippen LogP contribution in [-0.4, -0.2) is 26.0 Å². The highest BCUT2D eigenvalue weighted by molar-refractivity contribution is 5.95. The summed E-state index contributed by atoms with van der Waals surface area (Å²) < 4.78 is 10.9. The van der Waals surface area contributed by atoms with Crippen LogP contribution in [0.4, 0.5) is 0 Å². The molecule has 0 aromatic heterocycles. The number of nitrogens with two attached hydrogens (primary N) is 1. The van der Waals surface area contributed by atoms with E-state index >= 15 is 0 Å². The summed E-state index contributed by atoms with van der Waals surface area (Å²) in [4.78, 5) is 2.87. The first-order valence-corrected chi connectivity index (χ1v) is 6.90. The SMILES string of the molecule is COC1(OC)[NH+]=C(N)[C@@]2(C#N)[C@@H](c3cccc(C)c3)[C@@]12C#N. The molecule has 0 saturated heterocycles. The molecule has 112 valence electrons. The van der Waals surface area contributed by atoms with Gasteiger partial charge in [0.25, 0.3) is 5.84 Å². The van der Waals surface area contributed by atoms with Gasteiger partial charge in [0.05, 0.1) is 12.1 Å². The number of aryl methyl sites for hydroxylation is 1. The molecule has 6 nitrogen and oxygen atoms in total. The zero-order valence-corrected chi connectivity index (χ0v) is 12.7. The first-order valence-electron chi connectivity index (χ1n) is 6.90. The third kappa shape index (κ3) is 1.24. The molecule has 22 heavy (non-hydrogen) atoms. The Morgan fingerprint density at radius 2 is 1.91 bits per heavy atom. The second-order valence-electron chi connectivity index (χ2n) is 5.75. The molecule has 1 heterocycles. The van der Waals surface area contributed by atoms with Crippen molar-refractivity contribution in [2.75, 3.05) is 14.2 Å². The molecular weight excluding hydrogens is 280 g/mol. The van der Waals surface area contributed by atoms with Crippen LogP contribution in [0.1, 0.15) is 17.0 Å². The summed E-state index contributed by atoms with van der Waals surface area (Å²) in [6.07, 6.45) is 0. The quantitative estimate of drug-likeness (QED) is 0.732. The van der Waals surface area contributed by atoms with Gasteiger partial charge in [0.2, 0.25) is 0 Å². The number of hydrogen-bond acceptors (Lipinski definition) is 5. The van der Waals surface area contributed by atoms with Crippen LogP contribution >= 0.6 is 0 Å². The van der Waals surface area contributed by atoms with Crippen LogP contribution in [0.25, 0.3) is 0 Å². The van der Waals surface area contributed by atoms with Crippen molar-refractivity contribution in [1.29, 1.82) is 10.5 Å². The average molecular weight is 297 g/mol. The number of methoxy groups -OCH3 is 2. The van der Waals surface area contributed by atoms with Gasteiger partial charge in [0, 0.05) is 20.1 Å². The second kappa shape index (κ2) is 4.30. The predicted molar refractivity (Wildman–Crippen MR) is 76.9 cm³/mol. The molecule has 1 aliphatic carbocycles. The number of nitrogens with zero attached hydrogens (tertiary/aromatic N) is 2. The molecule has 0 unspecified atom stereocenters. The smallest absolute Gasteiger partial charge is 0.317 e. The van der Waals surface area contributed by atoms with E-state index in [9.17, 15) is 10.5 Å². The van der Waals surface area contributed by atoms with Gasteiger partial charge in [0.15, 0.2) is 10.8 Å². The molecule has 1 saturated carbocycles. The Bertz CT molecular complexity index is 756. The van der Waals surface area contributed by atoms with Crippen LogP contribution in [0.3, 0.4) is 0 Å². The lowest BCUT2D eigenvalue weighted by Gasteiger charge is -2.26. The van der Waals surface area contributed by atoms with Gasteiger partial charge in [-0.25, -0.2) is 4.99 Å². The lowest BCUT2D eigenvalue weighted by molar-refractivity contribution is -0.687. The number of nitriles is 2. The van der Waals surface area contributed by atoms with Crippen molar-refractivity contribution >= 4 is 5.84 Å². The van der Waals surface area contributed by atoms with Gasteiger partial charge >= 0.3 is 5.91 Å².